The lowest BCUT2D eigenvalue weighted by Crippen LogP contribution is -2.17. The van der Waals surface area contributed by atoms with Crippen molar-refractivity contribution in [2.75, 3.05) is 14.1 Å². The van der Waals surface area contributed by atoms with E-state index in [4.69, 9.17) is 5.14 Å². The molecule has 0 saturated heterocycles. The molecule has 1 unspecified atom stereocenters. The van der Waals surface area contributed by atoms with Gasteiger partial charge in [0.25, 0.3) is 5.91 Å². The van der Waals surface area contributed by atoms with Crippen LogP contribution in [-0.2, 0) is 27.7 Å². The van der Waals surface area contributed by atoms with Gasteiger partial charge in [-0.1, -0.05) is 52.0 Å². The number of hydrogen-bond donors (Lipinski definition) is 2. The molecule has 0 heterocycles. The van der Waals surface area contributed by atoms with Crippen LogP contribution in [0.4, 0.5) is 4.79 Å². The fraction of sp³-hybridized carbons (Fsp3) is 0.393. The number of carbonyl (C=O) groups excluding carboxylic acids is 2. The highest BCUT2D eigenvalue weighted by atomic mass is 32.2. The van der Waals surface area contributed by atoms with E-state index in [-0.39, 0.29) is 18.3 Å². The van der Waals surface area contributed by atoms with Gasteiger partial charge >= 0.3 is 6.03 Å². The second-order valence-electron chi connectivity index (χ2n) is 9.99. The molecule has 0 saturated carbocycles. The molecule has 0 aliphatic heterocycles. The van der Waals surface area contributed by atoms with Gasteiger partial charge in [0.15, 0.2) is 0 Å². The third-order valence-corrected chi connectivity index (χ3v) is 7.32. The van der Waals surface area contributed by atoms with Crippen LogP contribution in [0.2, 0.25) is 0 Å². The van der Waals surface area contributed by atoms with Crippen LogP contribution in [0.1, 0.15) is 74.3 Å². The van der Waals surface area contributed by atoms with Crippen molar-refractivity contribution in [3.63, 3.8) is 0 Å². The summed E-state index contributed by atoms with van der Waals surface area (Å²) in [5, 5.41) is 8.63. The molecule has 1 atom stereocenters. The molecule has 0 radical (unpaired) electrons. The number of benzene rings is 2. The fourth-order valence-corrected chi connectivity index (χ4v) is 5.02. The molecule has 0 aliphatic carbocycles. The van der Waals surface area contributed by atoms with Gasteiger partial charge in [-0.3, -0.25) is 4.79 Å². The number of aliphatic imine (C=N–C) groups is 1. The molecule has 200 valence electrons. The molecule has 0 bridgehead atoms. The minimum Gasteiger partial charge on any atom is -0.312 e. The predicted octanol–water partition coefficient (Wildman–Crippen LogP) is 5.24. The Morgan fingerprint density at radius 3 is 2.08 bits per heavy atom. The van der Waals surface area contributed by atoms with Crippen LogP contribution in [0.25, 0.3) is 5.57 Å². The average molecular weight is 526 g/mol. The Bertz CT molecular complexity index is 1270. The van der Waals surface area contributed by atoms with Gasteiger partial charge < -0.3 is 10.2 Å². The maximum absolute atomic E-state index is 13.2. The van der Waals surface area contributed by atoms with E-state index >= 15 is 0 Å². The van der Waals surface area contributed by atoms with Gasteiger partial charge in [-0.15, -0.1) is 4.36 Å². The molecular weight excluding hydrogens is 486 g/mol. The van der Waals surface area contributed by atoms with Crippen LogP contribution in [0.15, 0.2) is 56.8 Å². The highest BCUT2D eigenvalue weighted by Gasteiger charge is 2.20. The summed E-state index contributed by atoms with van der Waals surface area (Å²) in [5.74, 6) is -0.300. The minimum absolute atomic E-state index is 0.00586. The lowest BCUT2D eigenvalue weighted by Gasteiger charge is -2.21. The molecule has 3 N–H and O–H groups in total. The lowest BCUT2D eigenvalue weighted by atomic mass is 9.84. The van der Waals surface area contributed by atoms with Crippen LogP contribution in [0, 0.1) is 0 Å². The van der Waals surface area contributed by atoms with Crippen LogP contribution in [0.5, 0.6) is 0 Å². The van der Waals surface area contributed by atoms with E-state index in [2.05, 4.69) is 49.1 Å². The SMILES string of the molecule is C=NC(=O)N/C=C(\C)c1cc(C(C)C)c(CC(=O)N=S(N)(=O)c2ccc(CN(C)C)cc2)c(C(C)C)c1. The van der Waals surface area contributed by atoms with Crippen molar-refractivity contribution in [1.82, 2.24) is 10.2 Å². The molecule has 9 heteroatoms. The second-order valence-corrected chi connectivity index (χ2v) is 11.8. The van der Waals surface area contributed by atoms with Crippen molar-refractivity contribution >= 4 is 34.1 Å². The van der Waals surface area contributed by atoms with Crippen molar-refractivity contribution in [3.8, 4) is 0 Å². The molecule has 8 nitrogen and oxygen atoms in total. The van der Waals surface area contributed by atoms with Crippen molar-refractivity contribution in [1.29, 1.82) is 0 Å². The number of urea groups is 1. The average Bonchev–Trinajstić information content (AvgIpc) is 2.81. The van der Waals surface area contributed by atoms with Gasteiger partial charge in [-0.25, -0.2) is 19.1 Å². The zero-order chi connectivity index (χ0) is 27.9. The van der Waals surface area contributed by atoms with Crippen molar-refractivity contribution in [2.45, 2.75) is 64.3 Å². The minimum atomic E-state index is -3.38. The molecule has 37 heavy (non-hydrogen) atoms. The molecule has 0 spiro atoms. The molecule has 3 amide bonds. The van der Waals surface area contributed by atoms with E-state index in [0.29, 0.717) is 4.90 Å². The summed E-state index contributed by atoms with van der Waals surface area (Å²) in [5.41, 5.74) is 5.65. The zero-order valence-corrected chi connectivity index (χ0v) is 23.7. The van der Waals surface area contributed by atoms with E-state index in [1.54, 1.807) is 18.3 Å². The van der Waals surface area contributed by atoms with Gasteiger partial charge in [0, 0.05) is 12.7 Å². The highest BCUT2D eigenvalue weighted by molar-refractivity contribution is 7.91. The second kappa shape index (κ2) is 12.9. The largest absolute Gasteiger partial charge is 0.344 e. The van der Waals surface area contributed by atoms with Gasteiger partial charge in [0.1, 0.15) is 9.92 Å². The molecule has 0 aromatic heterocycles. The Kier molecular flexibility index (Phi) is 10.5. The highest BCUT2D eigenvalue weighted by Crippen LogP contribution is 2.32. The molecule has 2 aromatic rings. The number of allylic oxidation sites excluding steroid dienone is 1. The quantitative estimate of drug-likeness (QED) is 0.436. The maximum atomic E-state index is 13.2. The first-order valence-corrected chi connectivity index (χ1v) is 13.8. The molecule has 2 rings (SSSR count). The summed E-state index contributed by atoms with van der Waals surface area (Å²) in [4.78, 5) is 30.2. The van der Waals surface area contributed by atoms with Gasteiger partial charge in [-0.05, 0) is 85.1 Å². The zero-order valence-electron chi connectivity index (χ0n) is 22.9. The molecule has 0 fully saturated rings. The number of carbonyl (C=O) groups is 2. The number of nitrogens with zero attached hydrogens (tertiary/aromatic N) is 3. The normalized spacial score (nSPS) is 13.5. The van der Waals surface area contributed by atoms with Crippen LogP contribution in [-0.4, -0.2) is 41.9 Å². The van der Waals surface area contributed by atoms with E-state index in [1.807, 2.05) is 50.2 Å². The fourth-order valence-electron chi connectivity index (χ4n) is 4.02. The third kappa shape index (κ3) is 8.45. The third-order valence-electron chi connectivity index (χ3n) is 5.90. The maximum Gasteiger partial charge on any atom is 0.344 e. The first kappa shape index (κ1) is 30.1. The number of rotatable bonds is 9. The van der Waals surface area contributed by atoms with Crippen molar-refractivity contribution in [3.05, 3.63) is 70.4 Å². The van der Waals surface area contributed by atoms with Gasteiger partial charge in [-0.2, -0.15) is 0 Å². The first-order chi connectivity index (χ1) is 17.2. The van der Waals surface area contributed by atoms with E-state index in [0.717, 1.165) is 39.9 Å². The van der Waals surface area contributed by atoms with E-state index in [1.165, 1.54) is 0 Å². The summed E-state index contributed by atoms with van der Waals surface area (Å²) in [6.07, 6.45) is 1.59. The summed E-state index contributed by atoms with van der Waals surface area (Å²) in [6, 6.07) is 10.5. The number of amides is 3. The summed E-state index contributed by atoms with van der Waals surface area (Å²) in [7, 11) is 0.549. The Morgan fingerprint density at radius 1 is 1.08 bits per heavy atom. The van der Waals surface area contributed by atoms with E-state index < -0.39 is 21.9 Å². The van der Waals surface area contributed by atoms with Crippen LogP contribution >= 0.6 is 0 Å². The predicted molar refractivity (Wildman–Crippen MR) is 152 cm³/mol. The molecule has 2 aromatic carbocycles. The van der Waals surface area contributed by atoms with E-state index in [9.17, 15) is 13.8 Å². The first-order valence-electron chi connectivity index (χ1n) is 12.2. The van der Waals surface area contributed by atoms with Crippen molar-refractivity contribution < 1.29 is 13.8 Å². The topological polar surface area (TPSA) is 117 Å². The molecule has 0 aliphatic rings. The summed E-state index contributed by atoms with van der Waals surface area (Å²) in [6.45, 7) is 14.1. The van der Waals surface area contributed by atoms with Crippen molar-refractivity contribution in [2.24, 2.45) is 14.5 Å². The number of hydrogen-bond acceptors (Lipinski definition) is 4. The Balaban J connectivity index is 2.46. The lowest BCUT2D eigenvalue weighted by molar-refractivity contribution is -0.117. The Labute approximate surface area is 221 Å². The number of nitrogens with two attached hydrogens (primary N) is 1. The number of nitrogens with one attached hydrogen (secondary N) is 1. The Morgan fingerprint density at radius 2 is 1.62 bits per heavy atom. The van der Waals surface area contributed by atoms with Crippen LogP contribution < -0.4 is 10.5 Å². The Hall–Kier alpha value is -3.14. The van der Waals surface area contributed by atoms with Crippen LogP contribution in [0.3, 0.4) is 0 Å². The van der Waals surface area contributed by atoms with Gasteiger partial charge in [0.2, 0.25) is 0 Å². The molecular formula is C28H39N5O3S. The smallest absolute Gasteiger partial charge is 0.312 e. The monoisotopic (exact) mass is 525 g/mol. The standard InChI is InChI=1S/C28H39N5O3S/c1-18(2)24-13-22(20(5)16-31-28(35)30-6)14-25(19(3)4)26(24)15-27(34)32-37(29,36)23-11-9-21(10-12-23)17-33(7)8/h9-14,16,18-19H,6,15,17H2,1-5,7-8H3,(H,31,35)(H2,29,32,34,36)/b20-16+. The summed E-state index contributed by atoms with van der Waals surface area (Å²) < 4.78 is 17.1. The van der Waals surface area contributed by atoms with Gasteiger partial charge in [0.05, 0.1) is 11.3 Å². The summed E-state index contributed by atoms with van der Waals surface area (Å²) >= 11 is 0.